The van der Waals surface area contributed by atoms with Gasteiger partial charge in [0.05, 0.1) is 16.7 Å². The lowest BCUT2D eigenvalue weighted by Gasteiger charge is -2.26. The summed E-state index contributed by atoms with van der Waals surface area (Å²) >= 11 is 7.31. The maximum atomic E-state index is 13.7. The quantitative estimate of drug-likeness (QED) is 0.161. The SMILES string of the molecule is O=C(CSc1nc2cc(C(=O)Nc3cccc(Cl)c3)ccc2c(=O)n1C1CCCCC1)c1ccccc1. The van der Waals surface area contributed by atoms with Crippen molar-refractivity contribution in [2.24, 2.45) is 0 Å². The van der Waals surface area contributed by atoms with E-state index in [0.717, 1.165) is 32.1 Å². The summed E-state index contributed by atoms with van der Waals surface area (Å²) in [6, 6.07) is 21.0. The van der Waals surface area contributed by atoms with Gasteiger partial charge in [0.2, 0.25) is 0 Å². The summed E-state index contributed by atoms with van der Waals surface area (Å²) in [5, 5.41) is 4.33. The van der Waals surface area contributed by atoms with Gasteiger partial charge in [0.25, 0.3) is 11.5 Å². The molecule has 1 aliphatic carbocycles. The van der Waals surface area contributed by atoms with Gasteiger partial charge in [-0.25, -0.2) is 4.98 Å². The number of thioether (sulfide) groups is 1. The molecule has 1 saturated carbocycles. The van der Waals surface area contributed by atoms with Gasteiger partial charge < -0.3 is 5.32 Å². The van der Waals surface area contributed by atoms with Crippen molar-refractivity contribution >= 4 is 51.6 Å². The van der Waals surface area contributed by atoms with Crippen molar-refractivity contribution in [3.63, 3.8) is 0 Å². The number of amides is 1. The Labute approximate surface area is 224 Å². The Balaban J connectivity index is 1.49. The molecule has 4 aromatic rings. The highest BCUT2D eigenvalue weighted by atomic mass is 35.5. The summed E-state index contributed by atoms with van der Waals surface area (Å²) in [4.78, 5) is 44.2. The average Bonchev–Trinajstić information content (AvgIpc) is 2.92. The predicted octanol–water partition coefficient (Wildman–Crippen LogP) is 6.78. The van der Waals surface area contributed by atoms with Gasteiger partial charge in [-0.05, 0) is 49.2 Å². The second-order valence-electron chi connectivity index (χ2n) is 9.14. The normalized spacial score (nSPS) is 14.0. The molecule has 1 N–H and O–H groups in total. The number of ketones is 1. The number of carbonyl (C=O) groups is 2. The van der Waals surface area contributed by atoms with Crippen molar-refractivity contribution in [2.45, 2.75) is 43.3 Å². The Kier molecular flexibility index (Phi) is 7.72. The van der Waals surface area contributed by atoms with E-state index in [0.29, 0.717) is 37.9 Å². The molecule has 5 rings (SSSR count). The summed E-state index contributed by atoms with van der Waals surface area (Å²) in [6.07, 6.45) is 5.10. The van der Waals surface area contributed by atoms with Crippen LogP contribution in [-0.2, 0) is 0 Å². The van der Waals surface area contributed by atoms with E-state index in [1.807, 2.05) is 18.2 Å². The van der Waals surface area contributed by atoms with Crippen LogP contribution in [0.5, 0.6) is 0 Å². The van der Waals surface area contributed by atoms with Crippen molar-refractivity contribution in [1.82, 2.24) is 9.55 Å². The van der Waals surface area contributed by atoms with E-state index in [1.165, 1.54) is 11.8 Å². The van der Waals surface area contributed by atoms with Crippen LogP contribution in [0.2, 0.25) is 5.02 Å². The fourth-order valence-corrected chi connectivity index (χ4v) is 5.84. The zero-order chi connectivity index (χ0) is 25.8. The summed E-state index contributed by atoms with van der Waals surface area (Å²) in [5.41, 5.74) is 1.89. The molecule has 1 heterocycles. The van der Waals surface area contributed by atoms with E-state index in [2.05, 4.69) is 5.32 Å². The average molecular weight is 532 g/mol. The van der Waals surface area contributed by atoms with Gasteiger partial charge in [0.15, 0.2) is 10.9 Å². The van der Waals surface area contributed by atoms with Gasteiger partial charge in [0.1, 0.15) is 0 Å². The first kappa shape index (κ1) is 25.2. The number of rotatable bonds is 7. The highest BCUT2D eigenvalue weighted by molar-refractivity contribution is 7.99. The summed E-state index contributed by atoms with van der Waals surface area (Å²) in [7, 11) is 0. The number of nitrogens with zero attached hydrogens (tertiary/aromatic N) is 2. The molecular weight excluding hydrogens is 506 g/mol. The number of carbonyl (C=O) groups excluding carboxylic acids is 2. The zero-order valence-corrected chi connectivity index (χ0v) is 21.7. The minimum atomic E-state index is -0.323. The number of hydrogen-bond acceptors (Lipinski definition) is 5. The number of Topliss-reactive ketones (excluding diaryl/α,β-unsaturated/α-hetero) is 1. The van der Waals surface area contributed by atoms with E-state index < -0.39 is 0 Å². The van der Waals surface area contributed by atoms with Crippen molar-refractivity contribution in [1.29, 1.82) is 0 Å². The highest BCUT2D eigenvalue weighted by Gasteiger charge is 2.23. The summed E-state index contributed by atoms with van der Waals surface area (Å²) < 4.78 is 1.77. The van der Waals surface area contributed by atoms with E-state index in [1.54, 1.807) is 59.2 Å². The zero-order valence-electron chi connectivity index (χ0n) is 20.2. The van der Waals surface area contributed by atoms with Crippen molar-refractivity contribution in [3.05, 3.63) is 99.3 Å². The van der Waals surface area contributed by atoms with Gasteiger partial charge in [-0.3, -0.25) is 19.0 Å². The molecule has 3 aromatic carbocycles. The number of nitrogens with one attached hydrogen (secondary N) is 1. The van der Waals surface area contributed by atoms with E-state index in [-0.39, 0.29) is 29.0 Å². The second-order valence-corrected chi connectivity index (χ2v) is 10.5. The lowest BCUT2D eigenvalue weighted by Crippen LogP contribution is -2.29. The monoisotopic (exact) mass is 531 g/mol. The van der Waals surface area contributed by atoms with Crippen LogP contribution in [-0.4, -0.2) is 27.0 Å². The summed E-state index contributed by atoms with van der Waals surface area (Å²) in [6.45, 7) is 0. The van der Waals surface area contributed by atoms with Crippen LogP contribution in [0, 0.1) is 0 Å². The van der Waals surface area contributed by atoms with Crippen LogP contribution in [0.1, 0.15) is 58.9 Å². The van der Waals surface area contributed by atoms with Gasteiger partial charge in [-0.2, -0.15) is 0 Å². The van der Waals surface area contributed by atoms with Crippen LogP contribution in [0.25, 0.3) is 10.9 Å². The predicted molar refractivity (Wildman–Crippen MR) is 149 cm³/mol. The lowest BCUT2D eigenvalue weighted by molar-refractivity contribution is 0.101. The second kappa shape index (κ2) is 11.3. The number of fused-ring (bicyclic) bond motifs is 1. The molecule has 0 bridgehead atoms. The smallest absolute Gasteiger partial charge is 0.262 e. The Bertz CT molecular complexity index is 1510. The lowest BCUT2D eigenvalue weighted by atomic mass is 9.95. The third kappa shape index (κ3) is 5.78. The molecular formula is C29H26ClN3O3S. The van der Waals surface area contributed by atoms with Gasteiger partial charge in [-0.1, -0.05) is 79.0 Å². The molecule has 6 nitrogen and oxygen atoms in total. The van der Waals surface area contributed by atoms with Crippen molar-refractivity contribution < 1.29 is 9.59 Å². The molecule has 8 heteroatoms. The fraction of sp³-hybridized carbons (Fsp3) is 0.241. The number of aromatic nitrogens is 2. The minimum Gasteiger partial charge on any atom is -0.322 e. The third-order valence-electron chi connectivity index (χ3n) is 6.58. The van der Waals surface area contributed by atoms with E-state index in [9.17, 15) is 14.4 Å². The molecule has 1 aromatic heterocycles. The number of halogens is 1. The number of benzene rings is 3. The Morgan fingerprint density at radius 3 is 2.49 bits per heavy atom. The maximum Gasteiger partial charge on any atom is 0.262 e. The van der Waals surface area contributed by atoms with Crippen LogP contribution >= 0.6 is 23.4 Å². The molecule has 188 valence electrons. The fourth-order valence-electron chi connectivity index (χ4n) is 4.69. The molecule has 1 fully saturated rings. The van der Waals surface area contributed by atoms with Crippen LogP contribution < -0.4 is 10.9 Å². The molecule has 0 radical (unpaired) electrons. The van der Waals surface area contributed by atoms with Crippen LogP contribution in [0.4, 0.5) is 5.69 Å². The third-order valence-corrected chi connectivity index (χ3v) is 7.77. The van der Waals surface area contributed by atoms with Gasteiger partial charge >= 0.3 is 0 Å². The first-order chi connectivity index (χ1) is 18.0. The number of hydrogen-bond donors (Lipinski definition) is 1. The molecule has 0 unspecified atom stereocenters. The summed E-state index contributed by atoms with van der Waals surface area (Å²) in [5.74, 6) is -0.176. The standard InChI is InChI=1S/C29H26ClN3O3S/c30-21-10-7-11-22(17-21)31-27(35)20-14-15-24-25(16-20)32-29(33(28(24)36)23-12-5-2-6-13-23)37-18-26(34)19-8-3-1-4-9-19/h1,3-4,7-11,14-17,23H,2,5-6,12-13,18H2,(H,31,35). The molecule has 0 aliphatic heterocycles. The molecule has 1 aliphatic rings. The van der Waals surface area contributed by atoms with Crippen molar-refractivity contribution in [3.8, 4) is 0 Å². The molecule has 0 atom stereocenters. The Morgan fingerprint density at radius 2 is 1.73 bits per heavy atom. The van der Waals surface area contributed by atoms with Gasteiger partial charge in [-0.15, -0.1) is 0 Å². The Hall–Kier alpha value is -3.42. The molecule has 37 heavy (non-hydrogen) atoms. The first-order valence-electron chi connectivity index (χ1n) is 12.3. The van der Waals surface area contributed by atoms with Crippen molar-refractivity contribution in [2.75, 3.05) is 11.1 Å². The molecule has 1 amide bonds. The Morgan fingerprint density at radius 1 is 0.946 bits per heavy atom. The largest absolute Gasteiger partial charge is 0.322 e. The van der Waals surface area contributed by atoms with Crippen LogP contribution in [0.15, 0.2) is 82.7 Å². The molecule has 0 saturated heterocycles. The first-order valence-corrected chi connectivity index (χ1v) is 13.7. The van der Waals surface area contributed by atoms with E-state index in [4.69, 9.17) is 16.6 Å². The van der Waals surface area contributed by atoms with Gasteiger partial charge in [0, 0.05) is 27.9 Å². The number of anilines is 1. The highest BCUT2D eigenvalue weighted by Crippen LogP contribution is 2.31. The van der Waals surface area contributed by atoms with E-state index >= 15 is 0 Å². The maximum absolute atomic E-state index is 13.7. The topological polar surface area (TPSA) is 81.1 Å². The minimum absolute atomic E-state index is 0.0233. The van der Waals surface area contributed by atoms with Crippen LogP contribution in [0.3, 0.4) is 0 Å². The molecule has 0 spiro atoms.